The number of ether oxygens (including phenoxy) is 1. The molecule has 0 atom stereocenters. The molecule has 2 aromatic rings. The molecule has 0 bridgehead atoms. The van der Waals surface area contributed by atoms with E-state index in [2.05, 4.69) is 15.2 Å². The van der Waals surface area contributed by atoms with Crippen LogP contribution in [-0.4, -0.2) is 48.1 Å². The molecule has 7 heteroatoms. The number of nitrogens with one attached hydrogen (secondary N) is 1. The first-order chi connectivity index (χ1) is 14.4. The number of nitrogens with zero attached hydrogens (tertiary/aromatic N) is 2. The van der Waals surface area contributed by atoms with Gasteiger partial charge in [0.1, 0.15) is 5.76 Å². The fourth-order valence-electron chi connectivity index (χ4n) is 3.63. The molecule has 1 aliphatic heterocycles. The maximum atomic E-state index is 12.4. The van der Waals surface area contributed by atoms with Crippen LogP contribution in [0.3, 0.4) is 0 Å². The van der Waals surface area contributed by atoms with Gasteiger partial charge in [0.25, 0.3) is 0 Å². The molecule has 1 N–H and O–H groups in total. The van der Waals surface area contributed by atoms with Crippen molar-refractivity contribution in [3.63, 3.8) is 0 Å². The van der Waals surface area contributed by atoms with E-state index in [9.17, 15) is 4.79 Å². The summed E-state index contributed by atoms with van der Waals surface area (Å²) in [6.07, 6.45) is 2.82. The standard InChI is InChI=1S/C23H32ClN3O3/c1-16(2)29-13-5-10-25-22(28)18-8-11-27(12-9-18)15-21-17(3)30-23(26-21)19-6-4-7-20(24)14-19/h4,6-7,14,16,18H,5,8-13,15H2,1-3H3,(H,25,28). The molecule has 1 aromatic carbocycles. The van der Waals surface area contributed by atoms with Crippen molar-refractivity contribution >= 4 is 17.5 Å². The molecular weight excluding hydrogens is 402 g/mol. The number of likely N-dealkylation sites (tertiary alicyclic amines) is 1. The van der Waals surface area contributed by atoms with Crippen LogP contribution in [0.4, 0.5) is 0 Å². The maximum Gasteiger partial charge on any atom is 0.226 e. The molecule has 1 fully saturated rings. The zero-order valence-electron chi connectivity index (χ0n) is 18.1. The van der Waals surface area contributed by atoms with Crippen LogP contribution in [0.2, 0.25) is 5.02 Å². The highest BCUT2D eigenvalue weighted by Crippen LogP contribution is 2.26. The van der Waals surface area contributed by atoms with Crippen LogP contribution < -0.4 is 5.32 Å². The van der Waals surface area contributed by atoms with Crippen LogP contribution >= 0.6 is 11.6 Å². The zero-order chi connectivity index (χ0) is 21.5. The molecule has 1 saturated heterocycles. The van der Waals surface area contributed by atoms with Crippen LogP contribution in [0.5, 0.6) is 0 Å². The van der Waals surface area contributed by atoms with E-state index >= 15 is 0 Å². The molecule has 3 rings (SSSR count). The van der Waals surface area contributed by atoms with Gasteiger partial charge in [-0.25, -0.2) is 4.98 Å². The minimum atomic E-state index is 0.0905. The number of aryl methyl sites for hydroxylation is 1. The lowest BCUT2D eigenvalue weighted by molar-refractivity contribution is -0.126. The predicted molar refractivity (Wildman–Crippen MR) is 118 cm³/mol. The molecule has 0 saturated carbocycles. The van der Waals surface area contributed by atoms with Gasteiger partial charge < -0.3 is 14.5 Å². The van der Waals surface area contributed by atoms with Crippen LogP contribution in [0.1, 0.15) is 44.6 Å². The third-order valence-electron chi connectivity index (χ3n) is 5.37. The van der Waals surface area contributed by atoms with E-state index in [0.717, 1.165) is 55.9 Å². The van der Waals surface area contributed by atoms with E-state index in [-0.39, 0.29) is 17.9 Å². The van der Waals surface area contributed by atoms with Gasteiger partial charge in [0, 0.05) is 36.2 Å². The number of hydrogen-bond acceptors (Lipinski definition) is 5. The van der Waals surface area contributed by atoms with E-state index in [1.807, 2.05) is 45.0 Å². The van der Waals surface area contributed by atoms with Gasteiger partial charge in [0.15, 0.2) is 0 Å². The fraction of sp³-hybridized carbons (Fsp3) is 0.565. The fourth-order valence-corrected chi connectivity index (χ4v) is 3.82. The summed E-state index contributed by atoms with van der Waals surface area (Å²) in [7, 11) is 0. The summed E-state index contributed by atoms with van der Waals surface area (Å²) < 4.78 is 11.4. The average molecular weight is 434 g/mol. The van der Waals surface area contributed by atoms with Crippen LogP contribution in [0.25, 0.3) is 11.5 Å². The lowest BCUT2D eigenvalue weighted by Gasteiger charge is -2.30. The molecule has 0 spiro atoms. The molecule has 2 heterocycles. The minimum absolute atomic E-state index is 0.0905. The predicted octanol–water partition coefficient (Wildman–Crippen LogP) is 4.45. The number of hydrogen-bond donors (Lipinski definition) is 1. The topological polar surface area (TPSA) is 67.6 Å². The lowest BCUT2D eigenvalue weighted by Crippen LogP contribution is -2.40. The van der Waals surface area contributed by atoms with Gasteiger partial charge in [-0.2, -0.15) is 0 Å². The highest BCUT2D eigenvalue weighted by Gasteiger charge is 2.26. The van der Waals surface area contributed by atoms with E-state index in [4.69, 9.17) is 20.8 Å². The number of benzene rings is 1. The van der Waals surface area contributed by atoms with Crippen molar-refractivity contribution in [2.24, 2.45) is 5.92 Å². The number of piperidine rings is 1. The Bertz CT molecular complexity index is 829. The van der Waals surface area contributed by atoms with Crippen molar-refractivity contribution in [3.05, 3.63) is 40.7 Å². The van der Waals surface area contributed by atoms with Crippen LogP contribution in [0.15, 0.2) is 28.7 Å². The first-order valence-electron chi connectivity index (χ1n) is 10.8. The Kier molecular flexibility index (Phi) is 8.31. The second-order valence-corrected chi connectivity index (χ2v) is 8.58. The molecule has 1 aliphatic rings. The van der Waals surface area contributed by atoms with Gasteiger partial charge in [0.05, 0.1) is 11.8 Å². The number of oxazole rings is 1. The lowest BCUT2D eigenvalue weighted by atomic mass is 9.95. The summed E-state index contributed by atoms with van der Waals surface area (Å²) in [6, 6.07) is 7.53. The van der Waals surface area contributed by atoms with Crippen molar-refractivity contribution in [1.29, 1.82) is 0 Å². The Morgan fingerprint density at radius 2 is 2.13 bits per heavy atom. The number of rotatable bonds is 9. The summed E-state index contributed by atoms with van der Waals surface area (Å²) >= 11 is 6.08. The molecule has 6 nitrogen and oxygen atoms in total. The van der Waals surface area contributed by atoms with Gasteiger partial charge in [0.2, 0.25) is 11.8 Å². The van der Waals surface area contributed by atoms with Crippen molar-refractivity contribution in [1.82, 2.24) is 15.2 Å². The first kappa shape index (κ1) is 22.8. The van der Waals surface area contributed by atoms with Gasteiger partial charge in [-0.1, -0.05) is 17.7 Å². The number of amides is 1. The van der Waals surface area contributed by atoms with E-state index in [0.29, 0.717) is 24.1 Å². The Morgan fingerprint density at radius 3 is 2.83 bits per heavy atom. The molecule has 1 amide bonds. The Balaban J connectivity index is 1.44. The Hall–Kier alpha value is -1.89. The molecular formula is C23H32ClN3O3. The number of halogens is 1. The summed E-state index contributed by atoms with van der Waals surface area (Å²) in [5.74, 6) is 1.68. The third-order valence-corrected chi connectivity index (χ3v) is 5.60. The summed E-state index contributed by atoms with van der Waals surface area (Å²) in [4.78, 5) is 19.4. The molecule has 0 aliphatic carbocycles. The summed E-state index contributed by atoms with van der Waals surface area (Å²) in [6.45, 7) is 9.84. The second kappa shape index (κ2) is 10.9. The van der Waals surface area contributed by atoms with Gasteiger partial charge >= 0.3 is 0 Å². The van der Waals surface area contributed by atoms with Crippen molar-refractivity contribution < 1.29 is 13.9 Å². The Morgan fingerprint density at radius 1 is 1.37 bits per heavy atom. The first-order valence-corrected chi connectivity index (χ1v) is 11.1. The van der Waals surface area contributed by atoms with Crippen LogP contribution in [0, 0.1) is 12.8 Å². The third kappa shape index (κ3) is 6.56. The average Bonchev–Trinajstić information content (AvgIpc) is 3.08. The maximum absolute atomic E-state index is 12.4. The minimum Gasteiger partial charge on any atom is -0.441 e. The molecule has 0 unspecified atom stereocenters. The van der Waals surface area contributed by atoms with Crippen molar-refractivity contribution in [2.45, 2.75) is 52.7 Å². The zero-order valence-corrected chi connectivity index (χ0v) is 18.9. The van der Waals surface area contributed by atoms with E-state index in [1.54, 1.807) is 0 Å². The molecule has 30 heavy (non-hydrogen) atoms. The molecule has 164 valence electrons. The highest BCUT2D eigenvalue weighted by molar-refractivity contribution is 6.30. The van der Waals surface area contributed by atoms with Gasteiger partial charge in [-0.15, -0.1) is 0 Å². The van der Waals surface area contributed by atoms with E-state index in [1.165, 1.54) is 0 Å². The number of carbonyl (C=O) groups is 1. The quantitative estimate of drug-likeness (QED) is 0.592. The van der Waals surface area contributed by atoms with Gasteiger partial charge in [-0.05, 0) is 71.3 Å². The van der Waals surface area contributed by atoms with E-state index < -0.39 is 0 Å². The normalized spacial score (nSPS) is 15.6. The highest BCUT2D eigenvalue weighted by atomic mass is 35.5. The van der Waals surface area contributed by atoms with Crippen molar-refractivity contribution in [3.8, 4) is 11.5 Å². The SMILES string of the molecule is Cc1oc(-c2cccc(Cl)c2)nc1CN1CCC(C(=O)NCCCOC(C)C)CC1. The molecule has 0 radical (unpaired) electrons. The second-order valence-electron chi connectivity index (χ2n) is 8.15. The Labute approximate surface area is 183 Å². The summed E-state index contributed by atoms with van der Waals surface area (Å²) in [5.41, 5.74) is 1.82. The van der Waals surface area contributed by atoms with Gasteiger partial charge in [-0.3, -0.25) is 9.69 Å². The van der Waals surface area contributed by atoms with Crippen molar-refractivity contribution in [2.75, 3.05) is 26.2 Å². The summed E-state index contributed by atoms with van der Waals surface area (Å²) in [5, 5.41) is 3.71. The monoisotopic (exact) mass is 433 g/mol. The largest absolute Gasteiger partial charge is 0.441 e. The number of carbonyl (C=O) groups excluding carboxylic acids is 1. The molecule has 1 aromatic heterocycles. The van der Waals surface area contributed by atoms with Crippen LogP contribution in [-0.2, 0) is 16.1 Å². The smallest absolute Gasteiger partial charge is 0.226 e. The number of aromatic nitrogens is 1.